The predicted molar refractivity (Wildman–Crippen MR) is 96.5 cm³/mol. The van der Waals surface area contributed by atoms with E-state index in [1.165, 1.54) is 19.9 Å². The third-order valence-electron chi connectivity index (χ3n) is 3.96. The quantitative estimate of drug-likeness (QED) is 0.734. The van der Waals surface area contributed by atoms with Crippen LogP contribution < -0.4 is 15.7 Å². The van der Waals surface area contributed by atoms with Gasteiger partial charge >= 0.3 is 11.6 Å². The van der Waals surface area contributed by atoms with Gasteiger partial charge in [-0.2, -0.15) is 0 Å². The molecule has 2 atom stereocenters. The molecule has 26 heavy (non-hydrogen) atoms. The third-order valence-corrected chi connectivity index (χ3v) is 3.96. The van der Waals surface area contributed by atoms with E-state index < -0.39 is 29.6 Å². The van der Waals surface area contributed by atoms with Crippen LogP contribution in [0.25, 0.3) is 11.0 Å². The Balaban J connectivity index is 2.40. The van der Waals surface area contributed by atoms with Gasteiger partial charge in [-0.1, -0.05) is 13.3 Å². The number of amides is 1. The van der Waals surface area contributed by atoms with Crippen molar-refractivity contribution in [1.82, 2.24) is 5.32 Å². The highest BCUT2D eigenvalue weighted by Gasteiger charge is 2.22. The van der Waals surface area contributed by atoms with Crippen LogP contribution in [0.2, 0.25) is 0 Å². The van der Waals surface area contributed by atoms with Crippen LogP contribution in [0.15, 0.2) is 27.4 Å². The monoisotopic (exact) mass is 361 g/mol. The number of fused-ring (bicyclic) bond motifs is 1. The van der Waals surface area contributed by atoms with Crippen molar-refractivity contribution in [3.8, 4) is 5.75 Å². The van der Waals surface area contributed by atoms with Crippen LogP contribution in [0.4, 0.5) is 0 Å². The smallest absolute Gasteiger partial charge is 0.336 e. The summed E-state index contributed by atoms with van der Waals surface area (Å²) in [6.45, 7) is 6.74. The van der Waals surface area contributed by atoms with Gasteiger partial charge in [0.05, 0.1) is 5.39 Å². The van der Waals surface area contributed by atoms with Crippen LogP contribution in [-0.4, -0.2) is 29.1 Å². The van der Waals surface area contributed by atoms with Gasteiger partial charge in [-0.25, -0.2) is 4.79 Å². The SMILES string of the molecule is CCCc1cc(=O)oc2cc(C)cc(OC(C)C(=O)N[C@@H](C)C(=O)O)c12. The largest absolute Gasteiger partial charge is 0.480 e. The van der Waals surface area contributed by atoms with E-state index in [4.69, 9.17) is 14.3 Å². The Hall–Kier alpha value is -2.83. The van der Waals surface area contributed by atoms with Gasteiger partial charge in [0.15, 0.2) is 6.10 Å². The molecule has 0 aliphatic carbocycles. The maximum atomic E-state index is 12.2. The van der Waals surface area contributed by atoms with Gasteiger partial charge in [-0.15, -0.1) is 0 Å². The van der Waals surface area contributed by atoms with Crippen molar-refractivity contribution in [2.75, 3.05) is 0 Å². The average molecular weight is 361 g/mol. The zero-order valence-electron chi connectivity index (χ0n) is 15.3. The molecule has 2 aromatic rings. The Labute approximate surface area is 151 Å². The first-order valence-electron chi connectivity index (χ1n) is 8.50. The molecule has 0 saturated carbocycles. The Morgan fingerprint density at radius 2 is 1.96 bits per heavy atom. The molecular formula is C19H23NO6. The molecule has 2 rings (SSSR count). The number of carbonyl (C=O) groups is 2. The number of rotatable bonds is 7. The Morgan fingerprint density at radius 3 is 2.58 bits per heavy atom. The lowest BCUT2D eigenvalue weighted by Crippen LogP contribution is -2.44. The number of aliphatic carboxylic acids is 1. The highest BCUT2D eigenvalue weighted by atomic mass is 16.5. The van der Waals surface area contributed by atoms with Crippen molar-refractivity contribution in [1.29, 1.82) is 0 Å². The standard InChI is InChI=1S/C19H23NO6/c1-5-6-13-9-16(21)26-15-8-10(2)7-14(17(13)15)25-12(4)18(22)20-11(3)19(23)24/h7-9,11-12H,5-6H2,1-4H3,(H,20,22)(H,23,24)/t11-,12?/m0/s1. The van der Waals surface area contributed by atoms with Crippen molar-refractivity contribution in [3.05, 3.63) is 39.7 Å². The first-order chi connectivity index (χ1) is 12.2. The Kier molecular flexibility index (Phi) is 6.02. The molecule has 1 aromatic heterocycles. The summed E-state index contributed by atoms with van der Waals surface area (Å²) in [4.78, 5) is 34.9. The minimum Gasteiger partial charge on any atom is -0.480 e. The fourth-order valence-corrected chi connectivity index (χ4v) is 2.67. The number of hydrogen-bond acceptors (Lipinski definition) is 5. The van der Waals surface area contributed by atoms with Crippen LogP contribution in [0.1, 0.15) is 38.3 Å². The molecule has 0 aliphatic heterocycles. The van der Waals surface area contributed by atoms with E-state index in [1.807, 2.05) is 13.8 Å². The molecule has 0 saturated heterocycles. The summed E-state index contributed by atoms with van der Waals surface area (Å²) in [6.07, 6.45) is 0.583. The molecule has 0 spiro atoms. The molecule has 0 aliphatic rings. The van der Waals surface area contributed by atoms with E-state index in [9.17, 15) is 14.4 Å². The fraction of sp³-hybridized carbons (Fsp3) is 0.421. The number of ether oxygens (including phenoxy) is 1. The lowest BCUT2D eigenvalue weighted by molar-refractivity contribution is -0.142. The Bertz CT molecular complexity index is 885. The summed E-state index contributed by atoms with van der Waals surface area (Å²) >= 11 is 0. The normalized spacial score (nSPS) is 13.2. The van der Waals surface area contributed by atoms with E-state index in [0.717, 1.165) is 17.5 Å². The minimum atomic E-state index is -1.13. The van der Waals surface area contributed by atoms with Crippen molar-refractivity contribution < 1.29 is 23.8 Å². The topological polar surface area (TPSA) is 106 Å². The van der Waals surface area contributed by atoms with Gasteiger partial charge in [0.1, 0.15) is 17.4 Å². The molecule has 1 aromatic carbocycles. The minimum absolute atomic E-state index is 0.405. The van der Waals surface area contributed by atoms with E-state index in [-0.39, 0.29) is 0 Å². The summed E-state index contributed by atoms with van der Waals surface area (Å²) in [7, 11) is 0. The number of carbonyl (C=O) groups excluding carboxylic acids is 1. The predicted octanol–water partition coefficient (Wildman–Crippen LogP) is 2.41. The van der Waals surface area contributed by atoms with E-state index in [1.54, 1.807) is 12.1 Å². The molecule has 2 N–H and O–H groups in total. The summed E-state index contributed by atoms with van der Waals surface area (Å²) in [5.74, 6) is -1.24. The Morgan fingerprint density at radius 1 is 1.27 bits per heavy atom. The van der Waals surface area contributed by atoms with Crippen molar-refractivity contribution in [2.45, 2.75) is 52.7 Å². The zero-order chi connectivity index (χ0) is 19.4. The number of hydrogen-bond donors (Lipinski definition) is 2. The third kappa shape index (κ3) is 4.41. The first-order valence-corrected chi connectivity index (χ1v) is 8.50. The van der Waals surface area contributed by atoms with Gasteiger partial charge in [-0.3, -0.25) is 9.59 Å². The average Bonchev–Trinajstić information content (AvgIpc) is 2.53. The van der Waals surface area contributed by atoms with Gasteiger partial charge in [0, 0.05) is 6.07 Å². The summed E-state index contributed by atoms with van der Waals surface area (Å²) < 4.78 is 11.1. The van der Waals surface area contributed by atoms with E-state index in [2.05, 4.69) is 5.32 Å². The molecule has 7 nitrogen and oxygen atoms in total. The van der Waals surface area contributed by atoms with Crippen molar-refractivity contribution in [2.24, 2.45) is 0 Å². The molecule has 140 valence electrons. The molecule has 1 amide bonds. The summed E-state index contributed by atoms with van der Waals surface area (Å²) in [5, 5.41) is 11.9. The van der Waals surface area contributed by atoms with Crippen molar-refractivity contribution >= 4 is 22.8 Å². The lowest BCUT2D eigenvalue weighted by atomic mass is 10.0. The highest BCUT2D eigenvalue weighted by molar-refractivity contribution is 5.89. The molecular weight excluding hydrogens is 338 g/mol. The van der Waals surface area contributed by atoms with E-state index >= 15 is 0 Å². The second-order valence-electron chi connectivity index (χ2n) is 6.31. The molecule has 1 unspecified atom stereocenters. The number of carboxylic acids is 1. The lowest BCUT2D eigenvalue weighted by Gasteiger charge is -2.19. The van der Waals surface area contributed by atoms with E-state index in [0.29, 0.717) is 23.1 Å². The number of nitrogens with one attached hydrogen (secondary N) is 1. The molecule has 7 heteroatoms. The van der Waals surface area contributed by atoms with Crippen LogP contribution in [0, 0.1) is 6.92 Å². The van der Waals surface area contributed by atoms with Crippen LogP contribution in [0.3, 0.4) is 0 Å². The second-order valence-corrected chi connectivity index (χ2v) is 6.31. The number of benzene rings is 1. The molecule has 1 heterocycles. The fourth-order valence-electron chi connectivity index (χ4n) is 2.67. The van der Waals surface area contributed by atoms with Gasteiger partial charge in [0.25, 0.3) is 5.91 Å². The molecule has 0 radical (unpaired) electrons. The number of aryl methyl sites for hydroxylation is 2. The van der Waals surface area contributed by atoms with Gasteiger partial charge < -0.3 is 19.6 Å². The maximum Gasteiger partial charge on any atom is 0.336 e. The second kappa shape index (κ2) is 8.03. The molecule has 0 bridgehead atoms. The summed E-state index contributed by atoms with van der Waals surface area (Å²) in [6, 6.07) is 3.94. The zero-order valence-corrected chi connectivity index (χ0v) is 15.3. The first kappa shape index (κ1) is 19.5. The highest BCUT2D eigenvalue weighted by Crippen LogP contribution is 2.31. The van der Waals surface area contributed by atoms with Gasteiger partial charge in [-0.05, 0) is 50.5 Å². The van der Waals surface area contributed by atoms with Crippen LogP contribution in [0.5, 0.6) is 5.75 Å². The van der Waals surface area contributed by atoms with Gasteiger partial charge in [0.2, 0.25) is 0 Å². The van der Waals surface area contributed by atoms with Crippen LogP contribution in [-0.2, 0) is 16.0 Å². The molecule has 0 fully saturated rings. The van der Waals surface area contributed by atoms with Crippen molar-refractivity contribution in [3.63, 3.8) is 0 Å². The summed E-state index contributed by atoms with van der Waals surface area (Å²) in [5.41, 5.74) is 1.58. The van der Waals surface area contributed by atoms with Crippen LogP contribution >= 0.6 is 0 Å². The number of carboxylic acid groups (broad SMARTS) is 1. The maximum absolute atomic E-state index is 12.2.